The molecule has 0 radical (unpaired) electrons. The lowest BCUT2D eigenvalue weighted by molar-refractivity contribution is -0.132. The van der Waals surface area contributed by atoms with Crippen molar-refractivity contribution in [1.82, 2.24) is 9.80 Å². The highest BCUT2D eigenvalue weighted by atomic mass is 16.2. The molecule has 0 aromatic carbocycles. The van der Waals surface area contributed by atoms with Crippen molar-refractivity contribution in [2.75, 3.05) is 19.6 Å². The highest BCUT2D eigenvalue weighted by Gasteiger charge is 2.36. The average molecular weight is 249 g/mol. The minimum atomic E-state index is 0.279. The summed E-state index contributed by atoms with van der Waals surface area (Å²) in [4.78, 5) is 16.7. The fourth-order valence-corrected chi connectivity index (χ4v) is 2.98. The number of hydrogen-bond acceptors (Lipinski definition) is 3. The van der Waals surface area contributed by atoms with E-state index in [4.69, 9.17) is 5.73 Å². The maximum Gasteiger partial charge on any atom is 0.241 e. The number of amides is 1. The minimum Gasteiger partial charge on any atom is -0.325 e. The predicted molar refractivity (Wildman–Crippen MR) is 70.8 cm³/mol. The zero-order chi connectivity index (χ0) is 12.5. The summed E-state index contributed by atoms with van der Waals surface area (Å²) in [7, 11) is 0. The van der Waals surface area contributed by atoms with Crippen LogP contribution in [0.3, 0.4) is 0 Å². The Kier molecular flexibility index (Phi) is 3.39. The number of rotatable bonds is 4. The Morgan fingerprint density at radius 3 is 2.72 bits per heavy atom. The average Bonchev–Trinajstić information content (AvgIpc) is 3.13. The summed E-state index contributed by atoms with van der Waals surface area (Å²) in [6.07, 6.45) is 9.38. The van der Waals surface area contributed by atoms with Gasteiger partial charge in [0.1, 0.15) is 0 Å². The predicted octanol–water partition coefficient (Wildman–Crippen LogP) is 1.08. The van der Waals surface area contributed by atoms with E-state index in [1.807, 2.05) is 0 Å². The number of allylic oxidation sites excluding steroid dienone is 2. The maximum absolute atomic E-state index is 12.4. The van der Waals surface area contributed by atoms with Crippen LogP contribution in [0.1, 0.15) is 38.5 Å². The number of carbonyl (C=O) groups is 1. The standard InChI is InChI=1S/C14H23N3O/c15-11-8-16(9-11)10-14(18)17(13-6-7-13)12-4-2-1-3-5-12/h4,11,13H,1-3,5-10,15H2. The summed E-state index contributed by atoms with van der Waals surface area (Å²) >= 11 is 0. The van der Waals surface area contributed by atoms with Gasteiger partial charge in [0, 0.05) is 30.9 Å². The van der Waals surface area contributed by atoms with E-state index in [2.05, 4.69) is 15.9 Å². The number of nitrogens with two attached hydrogens (primary N) is 1. The second-order valence-corrected chi connectivity index (χ2v) is 5.89. The number of likely N-dealkylation sites (tertiary alicyclic amines) is 1. The van der Waals surface area contributed by atoms with E-state index in [-0.39, 0.29) is 11.9 Å². The Bertz CT molecular complexity index is 356. The first kappa shape index (κ1) is 12.2. The lowest BCUT2D eigenvalue weighted by Crippen LogP contribution is -2.58. The second-order valence-electron chi connectivity index (χ2n) is 5.89. The number of carbonyl (C=O) groups excluding carboxylic acids is 1. The van der Waals surface area contributed by atoms with Gasteiger partial charge in [0.15, 0.2) is 0 Å². The quantitative estimate of drug-likeness (QED) is 0.811. The van der Waals surface area contributed by atoms with Gasteiger partial charge in [-0.1, -0.05) is 6.08 Å². The van der Waals surface area contributed by atoms with Crippen molar-refractivity contribution in [1.29, 1.82) is 0 Å². The van der Waals surface area contributed by atoms with Crippen LogP contribution < -0.4 is 5.73 Å². The summed E-state index contributed by atoms with van der Waals surface area (Å²) in [6, 6.07) is 0.776. The van der Waals surface area contributed by atoms with E-state index >= 15 is 0 Å². The van der Waals surface area contributed by atoms with Crippen LogP contribution in [0.15, 0.2) is 11.8 Å². The molecule has 0 bridgehead atoms. The number of hydrogen-bond donors (Lipinski definition) is 1. The van der Waals surface area contributed by atoms with Gasteiger partial charge in [0.2, 0.25) is 5.91 Å². The van der Waals surface area contributed by atoms with E-state index in [0.717, 1.165) is 25.9 Å². The molecule has 0 unspecified atom stereocenters. The summed E-state index contributed by atoms with van der Waals surface area (Å²) < 4.78 is 0. The molecule has 2 fully saturated rings. The zero-order valence-electron chi connectivity index (χ0n) is 11.0. The largest absolute Gasteiger partial charge is 0.325 e. The molecule has 4 nitrogen and oxygen atoms in total. The van der Waals surface area contributed by atoms with E-state index in [0.29, 0.717) is 12.6 Å². The summed E-state index contributed by atoms with van der Waals surface area (Å²) in [5.74, 6) is 0.289. The molecule has 0 aromatic heterocycles. The third-order valence-corrected chi connectivity index (χ3v) is 4.10. The molecule has 1 amide bonds. The van der Waals surface area contributed by atoms with Gasteiger partial charge in [0.25, 0.3) is 0 Å². The third kappa shape index (κ3) is 2.59. The Morgan fingerprint density at radius 1 is 1.39 bits per heavy atom. The molecule has 1 heterocycles. The first-order chi connectivity index (χ1) is 8.74. The molecule has 100 valence electrons. The molecule has 0 atom stereocenters. The first-order valence-electron chi connectivity index (χ1n) is 7.23. The molecule has 2 N–H and O–H groups in total. The molecular formula is C14H23N3O. The molecule has 1 saturated carbocycles. The second kappa shape index (κ2) is 5.02. The fourth-order valence-electron chi connectivity index (χ4n) is 2.98. The van der Waals surface area contributed by atoms with Crippen molar-refractivity contribution >= 4 is 5.91 Å². The van der Waals surface area contributed by atoms with Crippen LogP contribution in [-0.2, 0) is 4.79 Å². The van der Waals surface area contributed by atoms with E-state index in [9.17, 15) is 4.79 Å². The monoisotopic (exact) mass is 249 g/mol. The van der Waals surface area contributed by atoms with Crippen LogP contribution in [-0.4, -0.2) is 47.4 Å². The van der Waals surface area contributed by atoms with Crippen LogP contribution in [0.25, 0.3) is 0 Å². The SMILES string of the molecule is NC1CN(CC(=O)N(C2=CCCCC2)C2CC2)C1. The minimum absolute atomic E-state index is 0.279. The lowest BCUT2D eigenvalue weighted by Gasteiger charge is -2.38. The topological polar surface area (TPSA) is 49.6 Å². The Balaban J connectivity index is 1.62. The van der Waals surface area contributed by atoms with E-state index < -0.39 is 0 Å². The van der Waals surface area contributed by atoms with Crippen LogP contribution in [0, 0.1) is 0 Å². The van der Waals surface area contributed by atoms with Gasteiger partial charge >= 0.3 is 0 Å². The Labute approximate surface area is 109 Å². The molecule has 1 saturated heterocycles. The van der Waals surface area contributed by atoms with E-state index in [1.54, 1.807) is 0 Å². The van der Waals surface area contributed by atoms with Gasteiger partial charge in [0.05, 0.1) is 6.54 Å². The van der Waals surface area contributed by atoms with Crippen LogP contribution in [0.5, 0.6) is 0 Å². The van der Waals surface area contributed by atoms with Crippen molar-refractivity contribution in [3.8, 4) is 0 Å². The maximum atomic E-state index is 12.4. The molecule has 0 spiro atoms. The molecule has 4 heteroatoms. The molecule has 2 aliphatic carbocycles. The Hall–Kier alpha value is -0.870. The van der Waals surface area contributed by atoms with Crippen LogP contribution in [0.4, 0.5) is 0 Å². The normalized spacial score (nSPS) is 25.5. The highest BCUT2D eigenvalue weighted by molar-refractivity contribution is 5.81. The molecule has 0 aromatic rings. The van der Waals surface area contributed by atoms with Gasteiger partial charge in [-0.3, -0.25) is 9.69 Å². The highest BCUT2D eigenvalue weighted by Crippen LogP contribution is 2.33. The van der Waals surface area contributed by atoms with Crippen molar-refractivity contribution < 1.29 is 4.79 Å². The Morgan fingerprint density at radius 2 is 2.17 bits per heavy atom. The lowest BCUT2D eigenvalue weighted by atomic mass is 10.0. The van der Waals surface area contributed by atoms with Gasteiger partial charge in [-0.25, -0.2) is 0 Å². The van der Waals surface area contributed by atoms with Crippen molar-refractivity contribution in [3.63, 3.8) is 0 Å². The van der Waals surface area contributed by atoms with Crippen molar-refractivity contribution in [2.24, 2.45) is 5.73 Å². The summed E-state index contributed by atoms with van der Waals surface area (Å²) in [5, 5.41) is 0. The van der Waals surface area contributed by atoms with Crippen molar-refractivity contribution in [2.45, 2.75) is 50.6 Å². The van der Waals surface area contributed by atoms with Gasteiger partial charge in [-0.2, -0.15) is 0 Å². The van der Waals surface area contributed by atoms with Crippen molar-refractivity contribution in [3.05, 3.63) is 11.8 Å². The molecule has 3 aliphatic rings. The third-order valence-electron chi connectivity index (χ3n) is 4.10. The fraction of sp³-hybridized carbons (Fsp3) is 0.786. The summed E-state index contributed by atoms with van der Waals surface area (Å²) in [6.45, 7) is 2.31. The van der Waals surface area contributed by atoms with Gasteiger partial charge < -0.3 is 10.6 Å². The molecule has 3 rings (SSSR count). The van der Waals surface area contributed by atoms with Gasteiger partial charge in [-0.05, 0) is 38.5 Å². The zero-order valence-corrected chi connectivity index (χ0v) is 11.0. The van der Waals surface area contributed by atoms with Gasteiger partial charge in [-0.15, -0.1) is 0 Å². The molecule has 1 aliphatic heterocycles. The molecular weight excluding hydrogens is 226 g/mol. The number of nitrogens with zero attached hydrogens (tertiary/aromatic N) is 2. The van der Waals surface area contributed by atoms with Crippen LogP contribution in [0.2, 0.25) is 0 Å². The summed E-state index contributed by atoms with van der Waals surface area (Å²) in [5.41, 5.74) is 7.05. The molecule has 18 heavy (non-hydrogen) atoms. The van der Waals surface area contributed by atoms with E-state index in [1.165, 1.54) is 31.4 Å². The first-order valence-corrected chi connectivity index (χ1v) is 7.23. The smallest absolute Gasteiger partial charge is 0.241 e. The van der Waals surface area contributed by atoms with Crippen LogP contribution >= 0.6 is 0 Å².